The average Bonchev–Trinajstić information content (AvgIpc) is 2.05. The molecule has 2 unspecified atom stereocenters. The van der Waals surface area contributed by atoms with Gasteiger partial charge in [0.25, 0.3) is 0 Å². The smallest absolute Gasteiger partial charge is 0.213 e. The van der Waals surface area contributed by atoms with Crippen molar-refractivity contribution in [2.45, 2.75) is 45.0 Å². The average molecular weight is 132 g/mol. The van der Waals surface area contributed by atoms with Gasteiger partial charge in [-0.3, -0.25) is 0 Å². The lowest BCUT2D eigenvalue weighted by Gasteiger charge is -2.25. The molecule has 1 aliphatic heterocycles. The summed E-state index contributed by atoms with van der Waals surface area (Å²) in [5, 5.41) is 4.35. The quantitative estimate of drug-likeness (QED) is 0.613. The number of hydrogen-bond acceptors (Lipinski definition) is 2. The number of ether oxygens (including phenoxy) is 1. The minimum Gasteiger partial charge on any atom is -0.368 e. The zero-order valence-corrected chi connectivity index (χ0v) is 5.80. The van der Waals surface area contributed by atoms with E-state index < -0.39 is 0 Å². The molecule has 0 aromatic heterocycles. The van der Waals surface area contributed by atoms with Crippen LogP contribution in [0.5, 0.6) is 0 Å². The fourth-order valence-electron chi connectivity index (χ4n) is 1.16. The van der Waals surface area contributed by atoms with Crippen molar-refractivity contribution in [3.63, 3.8) is 0 Å². The summed E-state index contributed by atoms with van der Waals surface area (Å²) in [6.07, 6.45) is 4.21. The largest absolute Gasteiger partial charge is 0.368 e. The highest BCUT2D eigenvalue weighted by atomic mass is 16.6. The lowest BCUT2D eigenvalue weighted by Crippen LogP contribution is -2.26. The van der Waals surface area contributed by atoms with Crippen LogP contribution >= 0.6 is 0 Å². The van der Waals surface area contributed by atoms with Crippen molar-refractivity contribution in [3.8, 4) is 0 Å². The molecule has 1 heterocycles. The van der Waals surface area contributed by atoms with E-state index in [0.29, 0.717) is 6.10 Å². The van der Waals surface area contributed by atoms with Gasteiger partial charge in [0.1, 0.15) is 0 Å². The van der Waals surface area contributed by atoms with Crippen molar-refractivity contribution in [3.05, 3.63) is 0 Å². The van der Waals surface area contributed by atoms with E-state index in [1.165, 1.54) is 0 Å². The first-order valence-electron chi connectivity index (χ1n) is 4.05. The Labute approximate surface area is 57.3 Å². The van der Waals surface area contributed by atoms with Crippen LogP contribution in [0.25, 0.3) is 0 Å². The maximum absolute atomic E-state index is 6.64. The van der Waals surface area contributed by atoms with Gasteiger partial charge in [-0.2, -0.15) is 0 Å². The molecule has 0 bridgehead atoms. The monoisotopic (exact) mass is 132 g/mol. The fraction of sp³-hybridized carbons (Fsp3) is 1.00. The molecule has 1 fully saturated rings. The normalized spacial score (nSPS) is 38.1. The third kappa shape index (κ3) is 1.95. The molecule has 0 aliphatic carbocycles. The summed E-state index contributed by atoms with van der Waals surface area (Å²) in [7, 11) is 0. The molecule has 0 radical (unpaired) electrons. The maximum atomic E-state index is 6.64. The predicted molar refractivity (Wildman–Crippen MR) is 35.0 cm³/mol. The Morgan fingerprint density at radius 2 is 2.67 bits per heavy atom. The molecule has 1 aliphatic rings. The maximum Gasteiger partial charge on any atom is 0.213 e. The molecular weight excluding hydrogens is 116 g/mol. The van der Waals surface area contributed by atoms with Crippen LogP contribution in [0.2, 0.25) is 0 Å². The van der Waals surface area contributed by atoms with Crippen molar-refractivity contribution >= 4 is 0 Å². The van der Waals surface area contributed by atoms with E-state index in [9.17, 15) is 0 Å². The summed E-state index contributed by atoms with van der Waals surface area (Å²) in [6.45, 7) is 2.09. The van der Waals surface area contributed by atoms with E-state index in [2.05, 4.69) is 12.0 Å². The lowest BCUT2D eigenvalue weighted by molar-refractivity contribution is -0.162. The number of rotatable bonds is 2. The van der Waals surface area contributed by atoms with E-state index in [0.717, 1.165) is 25.7 Å². The summed E-state index contributed by atoms with van der Waals surface area (Å²) in [5.74, 6) is 0. The van der Waals surface area contributed by atoms with Crippen LogP contribution in [0.3, 0.4) is 0 Å². The zero-order chi connectivity index (χ0) is 7.40. The summed E-state index contributed by atoms with van der Waals surface area (Å²) in [6, 6.07) is 0. The van der Waals surface area contributed by atoms with Crippen molar-refractivity contribution < 1.29 is 9.85 Å². The molecule has 0 amide bonds. The summed E-state index contributed by atoms with van der Waals surface area (Å²) < 4.78 is 12.0. The van der Waals surface area contributed by atoms with Crippen LogP contribution in [0.15, 0.2) is 0 Å². The van der Waals surface area contributed by atoms with Gasteiger partial charge in [-0.1, -0.05) is 6.92 Å². The van der Waals surface area contributed by atoms with E-state index in [1.807, 2.05) is 0 Å². The number of hydrogen-bond donors (Lipinski definition) is 1. The molecular formula is C7H14O2. The minimum atomic E-state index is -0.265. The molecule has 1 N–H and O–H groups in total. The van der Waals surface area contributed by atoms with Gasteiger partial charge in [0.15, 0.2) is 6.29 Å². The van der Waals surface area contributed by atoms with Gasteiger partial charge in [-0.15, -0.1) is 0 Å². The van der Waals surface area contributed by atoms with Crippen molar-refractivity contribution in [2.24, 2.45) is 0 Å². The standard InChI is InChI=1S/C7H14O2/c1-2-6-4-3-5-7(8)9-6/h6-8H,2-5H2,1H3/i8T. The second-order valence-corrected chi connectivity index (χ2v) is 2.53. The van der Waals surface area contributed by atoms with Gasteiger partial charge >= 0.3 is 0 Å². The van der Waals surface area contributed by atoms with Gasteiger partial charge < -0.3 is 9.85 Å². The van der Waals surface area contributed by atoms with Gasteiger partial charge in [0.2, 0.25) is 1.43 Å². The van der Waals surface area contributed by atoms with Gasteiger partial charge in [-0.05, 0) is 25.7 Å². The fourth-order valence-corrected chi connectivity index (χ4v) is 1.16. The lowest BCUT2D eigenvalue weighted by atomic mass is 10.1. The first kappa shape index (κ1) is 5.69. The van der Waals surface area contributed by atoms with E-state index in [1.54, 1.807) is 0 Å². The van der Waals surface area contributed by atoms with Crippen LogP contribution in [0.1, 0.15) is 32.6 Å². The van der Waals surface area contributed by atoms with Crippen LogP contribution in [0, 0.1) is 0 Å². The van der Waals surface area contributed by atoms with Crippen molar-refractivity contribution in [1.82, 2.24) is 0 Å². The highest BCUT2D eigenvalue weighted by molar-refractivity contribution is 4.62. The van der Waals surface area contributed by atoms with Crippen molar-refractivity contribution in [1.29, 1.82) is 1.43 Å². The van der Waals surface area contributed by atoms with Crippen molar-refractivity contribution in [2.75, 3.05) is 0 Å². The van der Waals surface area contributed by atoms with Gasteiger partial charge in [0.05, 0.1) is 6.10 Å². The molecule has 2 atom stereocenters. The topological polar surface area (TPSA) is 29.5 Å². The Morgan fingerprint density at radius 3 is 3.33 bits per heavy atom. The highest BCUT2D eigenvalue weighted by Crippen LogP contribution is 2.18. The molecule has 1 rings (SSSR count). The second-order valence-electron chi connectivity index (χ2n) is 2.53. The Bertz CT molecular complexity index is 87.6. The Balaban J connectivity index is 2.25. The van der Waals surface area contributed by atoms with E-state index in [-0.39, 0.29) is 6.29 Å². The SMILES string of the molecule is [3H]OC1CCCC(CC)O1. The predicted octanol–water partition coefficient (Wildman–Crippen LogP) is 1.28. The first-order chi connectivity index (χ1) is 4.86. The third-order valence-electron chi connectivity index (χ3n) is 1.77. The van der Waals surface area contributed by atoms with Crippen LogP contribution in [-0.4, -0.2) is 18.9 Å². The summed E-state index contributed by atoms with van der Waals surface area (Å²) in [5.41, 5.74) is 0. The molecule has 0 aromatic rings. The molecule has 2 nitrogen and oxygen atoms in total. The van der Waals surface area contributed by atoms with Crippen LogP contribution in [0.4, 0.5) is 0 Å². The summed E-state index contributed by atoms with van der Waals surface area (Å²) in [4.78, 5) is 0. The minimum absolute atomic E-state index is 0.265. The second kappa shape index (κ2) is 3.18. The van der Waals surface area contributed by atoms with Gasteiger partial charge in [0, 0.05) is 0 Å². The van der Waals surface area contributed by atoms with E-state index >= 15 is 0 Å². The molecule has 0 spiro atoms. The van der Waals surface area contributed by atoms with Gasteiger partial charge in [-0.25, -0.2) is 0 Å². The van der Waals surface area contributed by atoms with E-state index in [4.69, 9.17) is 6.17 Å². The molecule has 2 heteroatoms. The summed E-state index contributed by atoms with van der Waals surface area (Å²) >= 11 is 0. The molecule has 9 heavy (non-hydrogen) atoms. The Hall–Kier alpha value is -0.0800. The number of aliphatic hydroxyl groups is 1. The zero-order valence-electron chi connectivity index (χ0n) is 6.80. The molecule has 54 valence electrons. The highest BCUT2D eigenvalue weighted by Gasteiger charge is 2.17. The Kier molecular flexibility index (Phi) is 2.01. The van der Waals surface area contributed by atoms with Crippen LogP contribution < -0.4 is 0 Å². The number of aliphatic hydroxyl groups excluding tert-OH is 1. The van der Waals surface area contributed by atoms with Crippen LogP contribution in [-0.2, 0) is 4.74 Å². The third-order valence-corrected chi connectivity index (χ3v) is 1.77. The molecule has 0 aromatic carbocycles. The first-order valence-corrected chi connectivity index (χ1v) is 3.64. The molecule has 1 saturated heterocycles. The Morgan fingerprint density at radius 1 is 1.78 bits per heavy atom. The molecule has 0 saturated carbocycles.